The van der Waals surface area contributed by atoms with Crippen LogP contribution in [-0.4, -0.2) is 20.7 Å². The van der Waals surface area contributed by atoms with E-state index in [-0.39, 0.29) is 12.5 Å². The molecule has 0 saturated heterocycles. The molecule has 20 heavy (non-hydrogen) atoms. The van der Waals surface area contributed by atoms with Crippen molar-refractivity contribution < 1.29 is 4.79 Å². The van der Waals surface area contributed by atoms with Crippen LogP contribution in [0.5, 0.6) is 0 Å². The van der Waals surface area contributed by atoms with Crippen LogP contribution in [0, 0.1) is 0 Å². The van der Waals surface area contributed by atoms with Crippen LogP contribution in [0.2, 0.25) is 0 Å². The second-order valence-electron chi connectivity index (χ2n) is 5.31. The third kappa shape index (κ3) is 2.82. The van der Waals surface area contributed by atoms with Gasteiger partial charge in [0, 0.05) is 5.25 Å². The second kappa shape index (κ2) is 5.87. The van der Waals surface area contributed by atoms with Crippen molar-refractivity contribution in [2.45, 2.75) is 49.1 Å². The number of nitrogens with two attached hydrogens (primary N) is 1. The number of benzene rings is 1. The van der Waals surface area contributed by atoms with Crippen LogP contribution in [0.25, 0.3) is 11.0 Å². The molecule has 4 nitrogen and oxygen atoms in total. The Bertz CT molecular complexity index is 617. The largest absolute Gasteiger partial charge is 0.368 e. The predicted molar refractivity (Wildman–Crippen MR) is 81.7 cm³/mol. The number of fused-ring (bicyclic) bond motifs is 1. The van der Waals surface area contributed by atoms with E-state index < -0.39 is 0 Å². The van der Waals surface area contributed by atoms with Gasteiger partial charge in [-0.15, -0.1) is 0 Å². The molecule has 2 aromatic rings. The van der Waals surface area contributed by atoms with Gasteiger partial charge in [-0.3, -0.25) is 4.79 Å². The first kappa shape index (κ1) is 13.5. The average Bonchev–Trinajstić information content (AvgIpc) is 2.78. The summed E-state index contributed by atoms with van der Waals surface area (Å²) in [5.41, 5.74) is 7.31. The van der Waals surface area contributed by atoms with E-state index in [2.05, 4.69) is 4.98 Å². The Morgan fingerprint density at radius 2 is 2.05 bits per heavy atom. The van der Waals surface area contributed by atoms with E-state index in [0.717, 1.165) is 16.2 Å². The second-order valence-corrected chi connectivity index (χ2v) is 6.58. The molecule has 5 heteroatoms. The summed E-state index contributed by atoms with van der Waals surface area (Å²) in [6.07, 6.45) is 6.42. The number of primary amides is 1. The highest BCUT2D eigenvalue weighted by Gasteiger charge is 2.19. The van der Waals surface area contributed by atoms with E-state index in [0.29, 0.717) is 5.25 Å². The number of carbonyl (C=O) groups excluding carboxylic acids is 1. The third-order valence-corrected chi connectivity index (χ3v) is 5.08. The van der Waals surface area contributed by atoms with Crippen LogP contribution in [0.3, 0.4) is 0 Å². The first-order valence-electron chi connectivity index (χ1n) is 7.14. The normalized spacial score (nSPS) is 16.6. The summed E-state index contributed by atoms with van der Waals surface area (Å²) in [5.74, 6) is -0.321. The molecule has 0 unspecified atom stereocenters. The molecule has 1 heterocycles. The molecule has 1 aromatic carbocycles. The smallest absolute Gasteiger partial charge is 0.237 e. The molecule has 1 amide bonds. The van der Waals surface area contributed by atoms with Crippen LogP contribution in [-0.2, 0) is 11.3 Å². The van der Waals surface area contributed by atoms with Crippen molar-refractivity contribution in [1.29, 1.82) is 0 Å². The summed E-state index contributed by atoms with van der Waals surface area (Å²) < 4.78 is 1.96. The fourth-order valence-corrected chi connectivity index (χ4v) is 4.09. The maximum Gasteiger partial charge on any atom is 0.237 e. The summed E-state index contributed by atoms with van der Waals surface area (Å²) in [5, 5.41) is 1.55. The fraction of sp³-hybridized carbons (Fsp3) is 0.467. The molecule has 0 spiro atoms. The molecule has 0 aliphatic heterocycles. The Labute approximate surface area is 122 Å². The summed E-state index contributed by atoms with van der Waals surface area (Å²) in [6.45, 7) is 0.204. The fourth-order valence-electron chi connectivity index (χ4n) is 2.78. The van der Waals surface area contributed by atoms with Gasteiger partial charge >= 0.3 is 0 Å². The minimum Gasteiger partial charge on any atom is -0.368 e. The number of hydrogen-bond donors (Lipinski definition) is 1. The highest BCUT2D eigenvalue weighted by atomic mass is 32.2. The molecule has 0 radical (unpaired) electrons. The first-order valence-corrected chi connectivity index (χ1v) is 8.02. The summed E-state index contributed by atoms with van der Waals surface area (Å²) in [7, 11) is 0. The lowest BCUT2D eigenvalue weighted by molar-refractivity contribution is -0.118. The van der Waals surface area contributed by atoms with Gasteiger partial charge in [0.1, 0.15) is 6.54 Å². The molecule has 1 aromatic heterocycles. The van der Waals surface area contributed by atoms with Crippen molar-refractivity contribution in [3.05, 3.63) is 24.3 Å². The number of imidazole rings is 1. The van der Waals surface area contributed by atoms with Gasteiger partial charge in [0.15, 0.2) is 5.16 Å². The monoisotopic (exact) mass is 289 g/mol. The van der Waals surface area contributed by atoms with Gasteiger partial charge in [-0.2, -0.15) is 0 Å². The van der Waals surface area contributed by atoms with Crippen LogP contribution in [0.4, 0.5) is 0 Å². The van der Waals surface area contributed by atoms with Gasteiger partial charge in [-0.1, -0.05) is 43.2 Å². The Balaban J connectivity index is 1.93. The van der Waals surface area contributed by atoms with Crippen molar-refractivity contribution in [1.82, 2.24) is 9.55 Å². The number of aromatic nitrogens is 2. The first-order chi connectivity index (χ1) is 9.74. The molecule has 2 N–H and O–H groups in total. The maximum atomic E-state index is 11.3. The quantitative estimate of drug-likeness (QED) is 0.941. The number of nitrogens with zero attached hydrogens (tertiary/aromatic N) is 2. The summed E-state index contributed by atoms with van der Waals surface area (Å²) in [6, 6.07) is 7.92. The number of hydrogen-bond acceptors (Lipinski definition) is 3. The number of amides is 1. The number of carbonyl (C=O) groups is 1. The lowest BCUT2D eigenvalue weighted by Crippen LogP contribution is -2.19. The number of thioether (sulfide) groups is 1. The molecule has 1 aliphatic carbocycles. The zero-order chi connectivity index (χ0) is 13.9. The summed E-state index contributed by atoms with van der Waals surface area (Å²) in [4.78, 5) is 16.0. The maximum absolute atomic E-state index is 11.3. The SMILES string of the molecule is NC(=O)Cn1c(SC2CCCCC2)nc2ccccc21. The number of para-hydroxylation sites is 2. The lowest BCUT2D eigenvalue weighted by atomic mass is 10.0. The standard InChI is InChI=1S/C15H19N3OS/c16-14(19)10-18-13-9-5-4-8-12(13)17-15(18)20-11-6-2-1-3-7-11/h4-5,8-9,11H,1-3,6-7,10H2,(H2,16,19). The molecule has 106 valence electrons. The molecule has 0 bridgehead atoms. The van der Waals surface area contributed by atoms with Crippen LogP contribution < -0.4 is 5.73 Å². The average molecular weight is 289 g/mol. The van der Waals surface area contributed by atoms with Crippen molar-refractivity contribution in [2.24, 2.45) is 5.73 Å². The topological polar surface area (TPSA) is 60.9 Å². The van der Waals surface area contributed by atoms with E-state index in [1.54, 1.807) is 11.8 Å². The Hall–Kier alpha value is -1.49. The van der Waals surface area contributed by atoms with Crippen molar-refractivity contribution in [3.8, 4) is 0 Å². The minimum atomic E-state index is -0.321. The van der Waals surface area contributed by atoms with Crippen LogP contribution in [0.1, 0.15) is 32.1 Å². The summed E-state index contributed by atoms with van der Waals surface area (Å²) >= 11 is 1.80. The van der Waals surface area contributed by atoms with Gasteiger partial charge in [0.05, 0.1) is 11.0 Å². The van der Waals surface area contributed by atoms with Gasteiger partial charge in [0.25, 0.3) is 0 Å². The predicted octanol–water partition coefficient (Wildman–Crippen LogP) is 2.95. The van der Waals surface area contributed by atoms with Crippen molar-refractivity contribution >= 4 is 28.7 Å². The molecule has 1 saturated carbocycles. The molecule has 1 aliphatic rings. The molecule has 0 atom stereocenters. The zero-order valence-corrected chi connectivity index (χ0v) is 12.2. The van der Waals surface area contributed by atoms with Gasteiger partial charge in [0.2, 0.25) is 5.91 Å². The van der Waals surface area contributed by atoms with Gasteiger partial charge in [-0.25, -0.2) is 4.98 Å². The Morgan fingerprint density at radius 3 is 2.80 bits per heavy atom. The Kier molecular flexibility index (Phi) is 3.96. The molecular weight excluding hydrogens is 270 g/mol. The lowest BCUT2D eigenvalue weighted by Gasteiger charge is -2.20. The van der Waals surface area contributed by atoms with E-state index in [9.17, 15) is 4.79 Å². The van der Waals surface area contributed by atoms with E-state index in [1.165, 1.54) is 32.1 Å². The third-order valence-electron chi connectivity index (χ3n) is 3.76. The zero-order valence-electron chi connectivity index (χ0n) is 11.4. The van der Waals surface area contributed by atoms with Crippen LogP contribution in [0.15, 0.2) is 29.4 Å². The molecular formula is C15H19N3OS. The van der Waals surface area contributed by atoms with Gasteiger partial charge < -0.3 is 10.3 Å². The molecule has 3 rings (SSSR count). The van der Waals surface area contributed by atoms with Crippen molar-refractivity contribution in [2.75, 3.05) is 0 Å². The highest BCUT2D eigenvalue weighted by Crippen LogP contribution is 2.34. The number of rotatable bonds is 4. The van der Waals surface area contributed by atoms with Crippen molar-refractivity contribution in [3.63, 3.8) is 0 Å². The Morgan fingerprint density at radius 1 is 1.30 bits per heavy atom. The van der Waals surface area contributed by atoms with Crippen LogP contribution >= 0.6 is 11.8 Å². The molecule has 1 fully saturated rings. The van der Waals surface area contributed by atoms with E-state index >= 15 is 0 Å². The van der Waals surface area contributed by atoms with Gasteiger partial charge in [-0.05, 0) is 25.0 Å². The highest BCUT2D eigenvalue weighted by molar-refractivity contribution is 7.99. The van der Waals surface area contributed by atoms with E-state index in [1.807, 2.05) is 28.8 Å². The van der Waals surface area contributed by atoms with E-state index in [4.69, 9.17) is 5.73 Å². The minimum absolute atomic E-state index is 0.204.